The molecule has 2 fully saturated rings. The second-order valence-electron chi connectivity index (χ2n) is 4.29. The molecule has 0 aromatic carbocycles. The average Bonchev–Trinajstić information content (AvgIpc) is 2.33. The molecule has 3 heteroatoms. The first-order chi connectivity index (χ1) is 5.74. The molecule has 0 amide bonds. The van der Waals surface area contributed by atoms with Gasteiger partial charge in [-0.15, -0.1) is 0 Å². The van der Waals surface area contributed by atoms with E-state index < -0.39 is 0 Å². The monoisotopic (exact) mass is 170 g/mol. The van der Waals surface area contributed by atoms with Gasteiger partial charge in [0.05, 0.1) is 6.10 Å². The summed E-state index contributed by atoms with van der Waals surface area (Å²) in [6.07, 6.45) is 1.30. The van der Waals surface area contributed by atoms with Gasteiger partial charge in [0, 0.05) is 26.2 Å². The Morgan fingerprint density at radius 1 is 1.33 bits per heavy atom. The molecule has 0 spiro atoms. The lowest BCUT2D eigenvalue weighted by atomic mass is 10.1. The molecule has 70 valence electrons. The van der Waals surface area contributed by atoms with E-state index >= 15 is 0 Å². The Bertz CT molecular complexity index is 157. The maximum atomic E-state index is 9.09. The Labute approximate surface area is 74.0 Å². The topological polar surface area (TPSA) is 26.7 Å². The lowest BCUT2D eigenvalue weighted by molar-refractivity contribution is -0.00561. The van der Waals surface area contributed by atoms with E-state index in [1.165, 1.54) is 26.1 Å². The Hall–Kier alpha value is -0.120. The van der Waals surface area contributed by atoms with Crippen molar-refractivity contribution in [2.24, 2.45) is 5.92 Å². The molecular weight excluding hydrogens is 152 g/mol. The first kappa shape index (κ1) is 8.48. The molecule has 0 saturated carbocycles. The number of likely N-dealkylation sites (tertiary alicyclic amines) is 2. The summed E-state index contributed by atoms with van der Waals surface area (Å²) in [4.78, 5) is 4.75. The minimum atomic E-state index is -0.0378. The Morgan fingerprint density at radius 2 is 2.08 bits per heavy atom. The van der Waals surface area contributed by atoms with Crippen LogP contribution in [0.2, 0.25) is 0 Å². The van der Waals surface area contributed by atoms with Crippen molar-refractivity contribution < 1.29 is 5.11 Å². The van der Waals surface area contributed by atoms with Gasteiger partial charge in [-0.2, -0.15) is 0 Å². The van der Waals surface area contributed by atoms with Crippen molar-refractivity contribution in [1.82, 2.24) is 9.80 Å². The van der Waals surface area contributed by atoms with Crippen molar-refractivity contribution >= 4 is 0 Å². The molecule has 2 rings (SSSR count). The van der Waals surface area contributed by atoms with Gasteiger partial charge in [-0.3, -0.25) is 4.90 Å². The quantitative estimate of drug-likeness (QED) is 0.611. The van der Waals surface area contributed by atoms with Crippen LogP contribution in [0.3, 0.4) is 0 Å². The van der Waals surface area contributed by atoms with E-state index in [4.69, 9.17) is 5.11 Å². The lowest BCUT2D eigenvalue weighted by Crippen LogP contribution is -2.52. The molecule has 0 bridgehead atoms. The molecule has 2 aliphatic heterocycles. The highest BCUT2D eigenvalue weighted by Gasteiger charge is 2.28. The van der Waals surface area contributed by atoms with Crippen LogP contribution in [0.15, 0.2) is 0 Å². The number of nitrogens with zero attached hydrogens (tertiary/aromatic N) is 2. The molecular formula is C9H18N2O. The summed E-state index contributed by atoms with van der Waals surface area (Å²) in [5.74, 6) is 0.850. The molecule has 2 saturated heterocycles. The second kappa shape index (κ2) is 3.32. The number of rotatable bonds is 2. The standard InChI is InChI=1S/C9H18N2O/c1-10-3-2-8(4-10)5-11-6-9(12)7-11/h8-9,12H,2-7H2,1H3. The van der Waals surface area contributed by atoms with Crippen molar-refractivity contribution in [2.75, 3.05) is 39.8 Å². The molecule has 0 aromatic rings. The Balaban J connectivity index is 1.67. The Morgan fingerprint density at radius 3 is 2.58 bits per heavy atom. The smallest absolute Gasteiger partial charge is 0.0793 e. The zero-order valence-electron chi connectivity index (χ0n) is 7.74. The van der Waals surface area contributed by atoms with Gasteiger partial charge >= 0.3 is 0 Å². The number of aliphatic hydroxyl groups excluding tert-OH is 1. The summed E-state index contributed by atoms with van der Waals surface area (Å²) < 4.78 is 0. The fourth-order valence-electron chi connectivity index (χ4n) is 2.23. The van der Waals surface area contributed by atoms with Crippen molar-refractivity contribution in [3.05, 3.63) is 0 Å². The summed E-state index contributed by atoms with van der Waals surface area (Å²) in [5.41, 5.74) is 0. The fraction of sp³-hybridized carbons (Fsp3) is 1.00. The number of aliphatic hydroxyl groups is 1. The maximum Gasteiger partial charge on any atom is 0.0793 e. The SMILES string of the molecule is CN1CCC(CN2CC(O)C2)C1. The van der Waals surface area contributed by atoms with Gasteiger partial charge in [0.1, 0.15) is 0 Å². The van der Waals surface area contributed by atoms with E-state index in [-0.39, 0.29) is 6.10 Å². The Kier molecular flexibility index (Phi) is 2.35. The predicted molar refractivity (Wildman–Crippen MR) is 48.1 cm³/mol. The van der Waals surface area contributed by atoms with Crippen molar-refractivity contribution in [1.29, 1.82) is 0 Å². The van der Waals surface area contributed by atoms with Crippen LogP contribution in [0.5, 0.6) is 0 Å². The van der Waals surface area contributed by atoms with Gasteiger partial charge in [0.2, 0.25) is 0 Å². The maximum absolute atomic E-state index is 9.09. The lowest BCUT2D eigenvalue weighted by Gasteiger charge is -2.37. The number of β-amino-alcohol motifs (C(OH)–C–C–N with tert-alkyl or cyclic N) is 1. The summed E-state index contributed by atoms with van der Waals surface area (Å²) in [6, 6.07) is 0. The summed E-state index contributed by atoms with van der Waals surface area (Å²) in [7, 11) is 2.19. The second-order valence-corrected chi connectivity index (χ2v) is 4.29. The van der Waals surface area contributed by atoms with E-state index in [9.17, 15) is 0 Å². The predicted octanol–water partition coefficient (Wildman–Crippen LogP) is -0.385. The summed E-state index contributed by atoms with van der Waals surface area (Å²) in [6.45, 7) is 5.50. The largest absolute Gasteiger partial charge is 0.390 e. The van der Waals surface area contributed by atoms with E-state index in [0.717, 1.165) is 19.0 Å². The molecule has 0 radical (unpaired) electrons. The van der Waals surface area contributed by atoms with Gasteiger partial charge in [0.25, 0.3) is 0 Å². The van der Waals surface area contributed by atoms with Crippen LogP contribution in [0.4, 0.5) is 0 Å². The van der Waals surface area contributed by atoms with Crippen molar-refractivity contribution in [3.8, 4) is 0 Å². The fourth-order valence-corrected chi connectivity index (χ4v) is 2.23. The molecule has 2 heterocycles. The minimum Gasteiger partial charge on any atom is -0.390 e. The van der Waals surface area contributed by atoms with Gasteiger partial charge in [-0.05, 0) is 25.9 Å². The average molecular weight is 170 g/mol. The highest BCUT2D eigenvalue weighted by Crippen LogP contribution is 2.18. The molecule has 0 aliphatic carbocycles. The summed E-state index contributed by atoms with van der Waals surface area (Å²) in [5, 5.41) is 9.09. The highest BCUT2D eigenvalue weighted by atomic mass is 16.3. The van der Waals surface area contributed by atoms with Crippen LogP contribution >= 0.6 is 0 Å². The van der Waals surface area contributed by atoms with E-state index in [1.54, 1.807) is 0 Å². The van der Waals surface area contributed by atoms with Crippen LogP contribution in [0.25, 0.3) is 0 Å². The molecule has 12 heavy (non-hydrogen) atoms. The van der Waals surface area contributed by atoms with E-state index in [2.05, 4.69) is 16.8 Å². The van der Waals surface area contributed by atoms with Gasteiger partial charge < -0.3 is 10.0 Å². The number of hydrogen-bond donors (Lipinski definition) is 1. The molecule has 0 aromatic heterocycles. The van der Waals surface area contributed by atoms with Crippen LogP contribution < -0.4 is 0 Å². The van der Waals surface area contributed by atoms with Crippen LogP contribution in [0, 0.1) is 5.92 Å². The first-order valence-electron chi connectivity index (χ1n) is 4.83. The molecule has 1 N–H and O–H groups in total. The third-order valence-electron chi connectivity index (χ3n) is 2.94. The number of hydrogen-bond acceptors (Lipinski definition) is 3. The normalized spacial score (nSPS) is 34.0. The molecule has 1 unspecified atom stereocenters. The van der Waals surface area contributed by atoms with Crippen molar-refractivity contribution in [2.45, 2.75) is 12.5 Å². The van der Waals surface area contributed by atoms with Gasteiger partial charge in [-0.25, -0.2) is 0 Å². The molecule has 2 aliphatic rings. The van der Waals surface area contributed by atoms with Crippen molar-refractivity contribution in [3.63, 3.8) is 0 Å². The third-order valence-corrected chi connectivity index (χ3v) is 2.94. The zero-order chi connectivity index (χ0) is 8.55. The van der Waals surface area contributed by atoms with Crippen LogP contribution in [-0.4, -0.2) is 60.8 Å². The summed E-state index contributed by atoms with van der Waals surface area (Å²) >= 11 is 0. The van der Waals surface area contributed by atoms with Gasteiger partial charge in [0.15, 0.2) is 0 Å². The first-order valence-corrected chi connectivity index (χ1v) is 4.83. The van der Waals surface area contributed by atoms with Crippen LogP contribution in [-0.2, 0) is 0 Å². The third kappa shape index (κ3) is 1.79. The zero-order valence-corrected chi connectivity index (χ0v) is 7.74. The minimum absolute atomic E-state index is 0.0378. The van der Waals surface area contributed by atoms with Crippen LogP contribution in [0.1, 0.15) is 6.42 Å². The molecule has 3 nitrogen and oxygen atoms in total. The van der Waals surface area contributed by atoms with Gasteiger partial charge in [-0.1, -0.05) is 0 Å². The highest BCUT2D eigenvalue weighted by molar-refractivity contribution is 4.83. The van der Waals surface area contributed by atoms with E-state index in [0.29, 0.717) is 0 Å². The van der Waals surface area contributed by atoms with E-state index in [1.807, 2.05) is 0 Å². The molecule has 1 atom stereocenters.